The molecule has 3 aromatic carbocycles. The van der Waals surface area contributed by atoms with Gasteiger partial charge in [0.15, 0.2) is 0 Å². The van der Waals surface area contributed by atoms with Gasteiger partial charge in [0.2, 0.25) is 5.91 Å². The van der Waals surface area contributed by atoms with Crippen LogP contribution >= 0.6 is 0 Å². The van der Waals surface area contributed by atoms with E-state index in [1.54, 1.807) is 0 Å². The summed E-state index contributed by atoms with van der Waals surface area (Å²) in [4.78, 5) is 20.0. The first kappa shape index (κ1) is 22.2. The smallest absolute Gasteiger partial charge is 0.227 e. The van der Waals surface area contributed by atoms with Gasteiger partial charge in [-0.2, -0.15) is 0 Å². The van der Waals surface area contributed by atoms with Gasteiger partial charge in [0.05, 0.1) is 17.6 Å². The van der Waals surface area contributed by atoms with E-state index < -0.39 is 0 Å². The van der Waals surface area contributed by atoms with Gasteiger partial charge < -0.3 is 14.2 Å². The topological polar surface area (TPSA) is 47.4 Å². The van der Waals surface area contributed by atoms with Crippen molar-refractivity contribution in [1.82, 2.24) is 9.55 Å². The van der Waals surface area contributed by atoms with E-state index in [-0.39, 0.29) is 11.8 Å². The van der Waals surface area contributed by atoms with Crippen LogP contribution in [0.1, 0.15) is 42.6 Å². The largest absolute Gasteiger partial charge is 0.493 e. The Kier molecular flexibility index (Phi) is 6.35. The van der Waals surface area contributed by atoms with Crippen LogP contribution in [0.2, 0.25) is 0 Å². The van der Waals surface area contributed by atoms with Crippen molar-refractivity contribution in [3.05, 3.63) is 89.7 Å². The standard InChI is InChI=1S/C29H31N3O2/c1-3-22-12-5-7-14-25(22)32-20-23(19-28(32)33)29-30-24-13-6-8-15-26(24)31(29)17-10-18-34-27-16-9-4-11-21(27)2/h4-9,11-16,23H,3,10,17-20H2,1-2H3. The van der Waals surface area contributed by atoms with E-state index in [4.69, 9.17) is 9.72 Å². The second-order valence-corrected chi connectivity index (χ2v) is 8.97. The molecule has 1 aromatic heterocycles. The van der Waals surface area contributed by atoms with E-state index in [0.29, 0.717) is 19.6 Å². The molecule has 2 heterocycles. The number of para-hydroxylation sites is 4. The Bertz CT molecular complexity index is 1310. The van der Waals surface area contributed by atoms with Crippen LogP contribution in [0.4, 0.5) is 5.69 Å². The Balaban J connectivity index is 1.37. The molecule has 5 heteroatoms. The number of carbonyl (C=O) groups excluding carboxylic acids is 1. The van der Waals surface area contributed by atoms with Gasteiger partial charge in [-0.05, 0) is 55.2 Å². The van der Waals surface area contributed by atoms with Crippen LogP contribution in [0.5, 0.6) is 5.75 Å². The Hall–Kier alpha value is -3.60. The van der Waals surface area contributed by atoms with Crippen molar-refractivity contribution in [3.63, 3.8) is 0 Å². The number of amides is 1. The summed E-state index contributed by atoms with van der Waals surface area (Å²) in [6, 6.07) is 24.6. The van der Waals surface area contributed by atoms with Gasteiger partial charge in [0.1, 0.15) is 11.6 Å². The molecule has 1 atom stereocenters. The van der Waals surface area contributed by atoms with E-state index in [0.717, 1.165) is 53.2 Å². The van der Waals surface area contributed by atoms with Crippen molar-refractivity contribution in [2.24, 2.45) is 0 Å². The molecule has 0 radical (unpaired) electrons. The Morgan fingerprint density at radius 2 is 1.76 bits per heavy atom. The predicted octanol–water partition coefficient (Wildman–Crippen LogP) is 5.90. The average Bonchev–Trinajstić information content (AvgIpc) is 3.43. The lowest BCUT2D eigenvalue weighted by atomic mass is 10.1. The van der Waals surface area contributed by atoms with Gasteiger partial charge >= 0.3 is 0 Å². The molecule has 5 rings (SSSR count). The second kappa shape index (κ2) is 9.72. The fraction of sp³-hybridized carbons (Fsp3) is 0.310. The molecule has 1 saturated heterocycles. The molecule has 5 nitrogen and oxygen atoms in total. The molecular formula is C29H31N3O2. The molecule has 4 aromatic rings. The number of rotatable bonds is 8. The summed E-state index contributed by atoms with van der Waals surface area (Å²) in [6.45, 7) is 6.30. The zero-order chi connectivity index (χ0) is 23.5. The minimum Gasteiger partial charge on any atom is -0.493 e. The van der Waals surface area contributed by atoms with Crippen LogP contribution in [0.15, 0.2) is 72.8 Å². The lowest BCUT2D eigenvalue weighted by molar-refractivity contribution is -0.117. The van der Waals surface area contributed by atoms with Crippen molar-refractivity contribution in [2.45, 2.75) is 45.6 Å². The minimum absolute atomic E-state index is 0.0714. The maximum atomic E-state index is 13.1. The molecule has 0 N–H and O–H groups in total. The summed E-state index contributed by atoms with van der Waals surface area (Å²) >= 11 is 0. The molecule has 0 aliphatic carbocycles. The number of anilines is 1. The second-order valence-electron chi connectivity index (χ2n) is 8.97. The first-order chi connectivity index (χ1) is 16.7. The summed E-state index contributed by atoms with van der Waals surface area (Å²) in [6.07, 6.45) is 2.26. The van der Waals surface area contributed by atoms with Crippen molar-refractivity contribution < 1.29 is 9.53 Å². The molecular weight excluding hydrogens is 422 g/mol. The van der Waals surface area contributed by atoms with E-state index in [1.807, 2.05) is 41.3 Å². The lowest BCUT2D eigenvalue weighted by Crippen LogP contribution is -2.25. The number of imidazole rings is 1. The fourth-order valence-corrected chi connectivity index (χ4v) is 4.95. The Morgan fingerprint density at radius 3 is 2.62 bits per heavy atom. The number of fused-ring (bicyclic) bond motifs is 1. The van der Waals surface area contributed by atoms with Crippen molar-refractivity contribution >= 4 is 22.6 Å². The number of aromatic nitrogens is 2. The van der Waals surface area contributed by atoms with Crippen LogP contribution in [0, 0.1) is 6.92 Å². The first-order valence-corrected chi connectivity index (χ1v) is 12.2. The number of hydrogen-bond acceptors (Lipinski definition) is 3. The summed E-state index contributed by atoms with van der Waals surface area (Å²) in [5.41, 5.74) is 5.49. The maximum absolute atomic E-state index is 13.1. The SMILES string of the molecule is CCc1ccccc1N1CC(c2nc3ccccc3n2CCCOc2ccccc2C)CC1=O. The maximum Gasteiger partial charge on any atom is 0.227 e. The highest BCUT2D eigenvalue weighted by Crippen LogP contribution is 2.34. The van der Waals surface area contributed by atoms with E-state index >= 15 is 0 Å². The van der Waals surface area contributed by atoms with Gasteiger partial charge in [-0.1, -0.05) is 55.5 Å². The first-order valence-electron chi connectivity index (χ1n) is 12.2. The molecule has 174 valence electrons. The zero-order valence-electron chi connectivity index (χ0n) is 19.9. The molecule has 34 heavy (non-hydrogen) atoms. The Labute approximate surface area is 201 Å². The van der Waals surface area contributed by atoms with Gasteiger partial charge in [0, 0.05) is 31.1 Å². The number of benzene rings is 3. The van der Waals surface area contributed by atoms with Gasteiger partial charge in [0.25, 0.3) is 0 Å². The van der Waals surface area contributed by atoms with Crippen LogP contribution in [-0.2, 0) is 17.8 Å². The normalized spacial score (nSPS) is 15.9. The summed E-state index contributed by atoms with van der Waals surface area (Å²) in [7, 11) is 0. The highest BCUT2D eigenvalue weighted by molar-refractivity contribution is 5.97. The molecule has 1 aliphatic heterocycles. The van der Waals surface area contributed by atoms with Crippen molar-refractivity contribution in [3.8, 4) is 5.75 Å². The van der Waals surface area contributed by atoms with Crippen molar-refractivity contribution in [2.75, 3.05) is 18.1 Å². The molecule has 0 spiro atoms. The number of hydrogen-bond donors (Lipinski definition) is 0. The highest BCUT2D eigenvalue weighted by atomic mass is 16.5. The highest BCUT2D eigenvalue weighted by Gasteiger charge is 2.35. The van der Waals surface area contributed by atoms with E-state index in [1.165, 1.54) is 5.56 Å². The van der Waals surface area contributed by atoms with Crippen LogP contribution < -0.4 is 9.64 Å². The molecule has 1 amide bonds. The fourth-order valence-electron chi connectivity index (χ4n) is 4.95. The van der Waals surface area contributed by atoms with Gasteiger partial charge in [-0.15, -0.1) is 0 Å². The van der Waals surface area contributed by atoms with E-state index in [9.17, 15) is 4.79 Å². The molecule has 1 aliphatic rings. The van der Waals surface area contributed by atoms with Gasteiger partial charge in [-0.25, -0.2) is 4.98 Å². The number of nitrogens with zero attached hydrogens (tertiary/aromatic N) is 3. The molecule has 0 bridgehead atoms. The summed E-state index contributed by atoms with van der Waals surface area (Å²) in [5, 5.41) is 0. The quantitative estimate of drug-likeness (QED) is 0.312. The summed E-state index contributed by atoms with van der Waals surface area (Å²) in [5.74, 6) is 2.18. The van der Waals surface area contributed by atoms with Crippen molar-refractivity contribution in [1.29, 1.82) is 0 Å². The number of carbonyl (C=O) groups is 1. The third-order valence-electron chi connectivity index (χ3n) is 6.71. The minimum atomic E-state index is 0.0714. The summed E-state index contributed by atoms with van der Waals surface area (Å²) < 4.78 is 8.33. The average molecular weight is 454 g/mol. The van der Waals surface area contributed by atoms with Crippen LogP contribution in [-0.4, -0.2) is 28.6 Å². The van der Waals surface area contributed by atoms with Crippen LogP contribution in [0.25, 0.3) is 11.0 Å². The number of aryl methyl sites for hydroxylation is 3. The zero-order valence-corrected chi connectivity index (χ0v) is 19.9. The third-order valence-corrected chi connectivity index (χ3v) is 6.71. The monoisotopic (exact) mass is 453 g/mol. The van der Waals surface area contributed by atoms with E-state index in [2.05, 4.69) is 54.8 Å². The third kappa shape index (κ3) is 4.30. The van der Waals surface area contributed by atoms with Gasteiger partial charge in [-0.3, -0.25) is 4.79 Å². The predicted molar refractivity (Wildman–Crippen MR) is 137 cm³/mol. The molecule has 1 fully saturated rings. The van der Waals surface area contributed by atoms with Crippen LogP contribution in [0.3, 0.4) is 0 Å². The molecule has 0 saturated carbocycles. The molecule has 1 unspecified atom stereocenters. The number of ether oxygens (including phenoxy) is 1. The Morgan fingerprint density at radius 1 is 1.00 bits per heavy atom. The lowest BCUT2D eigenvalue weighted by Gasteiger charge is -2.20.